The van der Waals surface area contributed by atoms with Crippen LogP contribution in [0.15, 0.2) is 6.33 Å². The smallest absolute Gasteiger partial charge is 0.348 e. The van der Waals surface area contributed by atoms with E-state index in [-0.39, 0.29) is 22.7 Å². The monoisotopic (exact) mass is 285 g/mol. The number of nitrogens with zero attached hydrogens (tertiary/aromatic N) is 4. The topological polar surface area (TPSA) is 84.2 Å². The first-order chi connectivity index (χ1) is 9.11. The van der Waals surface area contributed by atoms with Gasteiger partial charge < -0.3 is 10.2 Å². The van der Waals surface area contributed by atoms with E-state index in [9.17, 15) is 10.1 Å². The van der Waals surface area contributed by atoms with Gasteiger partial charge in [-0.1, -0.05) is 18.5 Å². The maximum atomic E-state index is 11.0. The van der Waals surface area contributed by atoms with E-state index < -0.39 is 4.92 Å². The minimum absolute atomic E-state index is 0.134. The number of likely N-dealkylation sites (tertiary alicyclic amines) is 1. The lowest BCUT2D eigenvalue weighted by Crippen LogP contribution is -2.42. The van der Waals surface area contributed by atoms with Gasteiger partial charge in [-0.25, -0.2) is 9.97 Å². The SMILES string of the molecule is CCN1CCCC(Nc2ncnc(Cl)c2[N+](=O)[O-])C1. The molecule has 1 aliphatic heterocycles. The molecule has 1 aromatic heterocycles. The molecule has 8 heteroatoms. The Morgan fingerprint density at radius 2 is 2.42 bits per heavy atom. The Morgan fingerprint density at radius 3 is 3.11 bits per heavy atom. The van der Waals surface area contributed by atoms with E-state index in [1.165, 1.54) is 6.33 Å². The van der Waals surface area contributed by atoms with Crippen LogP contribution in [0.2, 0.25) is 5.15 Å². The van der Waals surface area contributed by atoms with Crippen molar-refractivity contribution >= 4 is 23.1 Å². The van der Waals surface area contributed by atoms with Gasteiger partial charge in [-0.3, -0.25) is 10.1 Å². The Kier molecular flexibility index (Phi) is 4.49. The molecule has 19 heavy (non-hydrogen) atoms. The molecule has 0 bridgehead atoms. The van der Waals surface area contributed by atoms with E-state index >= 15 is 0 Å². The molecule has 104 valence electrons. The summed E-state index contributed by atoms with van der Waals surface area (Å²) in [6.45, 7) is 5.01. The molecule has 0 aromatic carbocycles. The second-order valence-electron chi connectivity index (χ2n) is 4.50. The first kappa shape index (κ1) is 14.0. The summed E-state index contributed by atoms with van der Waals surface area (Å²) in [5.74, 6) is 0.202. The summed E-state index contributed by atoms with van der Waals surface area (Å²) in [5.41, 5.74) is -0.252. The van der Waals surface area contributed by atoms with Gasteiger partial charge in [-0.2, -0.15) is 0 Å². The lowest BCUT2D eigenvalue weighted by molar-refractivity contribution is -0.384. The van der Waals surface area contributed by atoms with Gasteiger partial charge in [0.05, 0.1) is 4.92 Å². The van der Waals surface area contributed by atoms with Gasteiger partial charge in [-0.15, -0.1) is 0 Å². The number of aromatic nitrogens is 2. The quantitative estimate of drug-likeness (QED) is 0.517. The van der Waals surface area contributed by atoms with Crippen LogP contribution in [0.3, 0.4) is 0 Å². The molecule has 1 aliphatic rings. The molecule has 0 amide bonds. The average molecular weight is 286 g/mol. The number of rotatable bonds is 4. The number of anilines is 1. The fourth-order valence-electron chi connectivity index (χ4n) is 2.28. The maximum Gasteiger partial charge on any atom is 0.348 e. The van der Waals surface area contributed by atoms with Crippen molar-refractivity contribution < 1.29 is 4.92 Å². The predicted molar refractivity (Wildman–Crippen MR) is 72.5 cm³/mol. The van der Waals surface area contributed by atoms with Crippen molar-refractivity contribution in [3.8, 4) is 0 Å². The normalized spacial score (nSPS) is 20.2. The van der Waals surface area contributed by atoms with Crippen molar-refractivity contribution in [3.05, 3.63) is 21.6 Å². The molecule has 1 saturated heterocycles. The number of nitro groups is 1. The number of halogens is 1. The summed E-state index contributed by atoms with van der Waals surface area (Å²) in [5, 5.41) is 14.0. The molecule has 1 unspecified atom stereocenters. The third-order valence-corrected chi connectivity index (χ3v) is 3.53. The van der Waals surface area contributed by atoms with Gasteiger partial charge in [0, 0.05) is 12.6 Å². The van der Waals surface area contributed by atoms with Crippen LogP contribution in [0.25, 0.3) is 0 Å². The Morgan fingerprint density at radius 1 is 1.63 bits per heavy atom. The highest BCUT2D eigenvalue weighted by Crippen LogP contribution is 2.29. The highest BCUT2D eigenvalue weighted by Gasteiger charge is 2.25. The fraction of sp³-hybridized carbons (Fsp3) is 0.636. The second-order valence-corrected chi connectivity index (χ2v) is 4.85. The van der Waals surface area contributed by atoms with Crippen LogP contribution in [0.1, 0.15) is 19.8 Å². The zero-order valence-electron chi connectivity index (χ0n) is 10.7. The Hall–Kier alpha value is -1.47. The molecule has 0 aliphatic carbocycles. The summed E-state index contributed by atoms with van der Waals surface area (Å²) < 4.78 is 0. The van der Waals surface area contributed by atoms with Crippen LogP contribution in [-0.2, 0) is 0 Å². The van der Waals surface area contributed by atoms with E-state index in [1.807, 2.05) is 0 Å². The third-order valence-electron chi connectivity index (χ3n) is 3.25. The van der Waals surface area contributed by atoms with E-state index in [0.29, 0.717) is 0 Å². The van der Waals surface area contributed by atoms with Crippen LogP contribution < -0.4 is 5.32 Å². The van der Waals surface area contributed by atoms with E-state index in [0.717, 1.165) is 32.5 Å². The molecule has 1 fully saturated rings. The Balaban J connectivity index is 2.14. The molecule has 1 N–H and O–H groups in total. The summed E-state index contributed by atoms with van der Waals surface area (Å²) in [6.07, 6.45) is 3.27. The zero-order chi connectivity index (χ0) is 13.8. The lowest BCUT2D eigenvalue weighted by Gasteiger charge is -2.32. The fourth-order valence-corrected chi connectivity index (χ4v) is 2.48. The van der Waals surface area contributed by atoms with Crippen molar-refractivity contribution in [2.24, 2.45) is 0 Å². The molecular weight excluding hydrogens is 270 g/mol. The molecule has 1 atom stereocenters. The summed E-state index contributed by atoms with van der Waals surface area (Å²) in [4.78, 5) is 20.3. The average Bonchev–Trinajstić information content (AvgIpc) is 2.38. The molecular formula is C11H16ClN5O2. The molecule has 0 radical (unpaired) electrons. The number of hydrogen-bond acceptors (Lipinski definition) is 6. The number of nitrogens with one attached hydrogen (secondary N) is 1. The first-order valence-corrected chi connectivity index (χ1v) is 6.63. The minimum Gasteiger partial charge on any atom is -0.360 e. The predicted octanol–water partition coefficient (Wildman–Crippen LogP) is 1.93. The van der Waals surface area contributed by atoms with Crippen molar-refractivity contribution in [1.82, 2.24) is 14.9 Å². The van der Waals surface area contributed by atoms with Gasteiger partial charge in [0.2, 0.25) is 11.0 Å². The maximum absolute atomic E-state index is 11.0. The van der Waals surface area contributed by atoms with Crippen molar-refractivity contribution in [2.45, 2.75) is 25.8 Å². The summed E-state index contributed by atoms with van der Waals surface area (Å²) >= 11 is 5.75. The van der Waals surface area contributed by atoms with Gasteiger partial charge >= 0.3 is 5.69 Å². The molecule has 0 saturated carbocycles. The summed E-state index contributed by atoms with van der Waals surface area (Å²) in [6, 6.07) is 0.151. The van der Waals surface area contributed by atoms with Crippen LogP contribution in [0.4, 0.5) is 11.5 Å². The van der Waals surface area contributed by atoms with Gasteiger partial charge in [0.1, 0.15) is 6.33 Å². The third kappa shape index (κ3) is 3.30. The number of likely N-dealkylation sites (N-methyl/N-ethyl adjacent to an activating group) is 1. The molecule has 0 spiro atoms. The van der Waals surface area contributed by atoms with Crippen LogP contribution in [0, 0.1) is 10.1 Å². The second kappa shape index (κ2) is 6.12. The molecule has 2 rings (SSSR count). The van der Waals surface area contributed by atoms with Gasteiger partial charge in [-0.05, 0) is 25.9 Å². The number of piperidine rings is 1. The van der Waals surface area contributed by atoms with E-state index in [1.54, 1.807) is 0 Å². The first-order valence-electron chi connectivity index (χ1n) is 6.25. The standard InChI is InChI=1S/C11H16ClN5O2/c1-2-16-5-3-4-8(6-16)15-11-9(17(18)19)10(12)13-7-14-11/h7-8H,2-6H2,1H3,(H,13,14,15). The van der Waals surface area contributed by atoms with E-state index in [4.69, 9.17) is 11.6 Å². The van der Waals surface area contributed by atoms with Crippen LogP contribution >= 0.6 is 11.6 Å². The van der Waals surface area contributed by atoms with Gasteiger partial charge in [0.15, 0.2) is 0 Å². The highest BCUT2D eigenvalue weighted by molar-refractivity contribution is 6.31. The Bertz CT molecular complexity index is 470. The minimum atomic E-state index is -0.551. The van der Waals surface area contributed by atoms with E-state index in [2.05, 4.69) is 27.1 Å². The summed E-state index contributed by atoms with van der Waals surface area (Å²) in [7, 11) is 0. The number of hydrogen-bond donors (Lipinski definition) is 1. The van der Waals surface area contributed by atoms with Gasteiger partial charge in [0.25, 0.3) is 0 Å². The highest BCUT2D eigenvalue weighted by atomic mass is 35.5. The molecule has 1 aromatic rings. The van der Waals surface area contributed by atoms with Crippen LogP contribution in [0.5, 0.6) is 0 Å². The Labute approximate surface area is 116 Å². The van der Waals surface area contributed by atoms with Crippen LogP contribution in [-0.4, -0.2) is 45.5 Å². The van der Waals surface area contributed by atoms with Crippen molar-refractivity contribution in [1.29, 1.82) is 0 Å². The largest absolute Gasteiger partial charge is 0.360 e. The zero-order valence-corrected chi connectivity index (χ0v) is 11.4. The van der Waals surface area contributed by atoms with Crippen molar-refractivity contribution in [3.63, 3.8) is 0 Å². The molecule has 2 heterocycles. The lowest BCUT2D eigenvalue weighted by atomic mass is 10.1. The molecule has 7 nitrogen and oxygen atoms in total. The van der Waals surface area contributed by atoms with Crippen molar-refractivity contribution in [2.75, 3.05) is 25.0 Å².